The predicted octanol–water partition coefficient (Wildman–Crippen LogP) is 7.32. The van der Waals surface area contributed by atoms with Gasteiger partial charge in [-0.3, -0.25) is 0 Å². The first-order valence-electron chi connectivity index (χ1n) is 11.1. The highest BCUT2D eigenvalue weighted by Gasteiger charge is 2.33. The van der Waals surface area contributed by atoms with Crippen LogP contribution in [-0.2, 0) is 10.3 Å². The van der Waals surface area contributed by atoms with Crippen molar-refractivity contribution in [2.75, 3.05) is 0 Å². The van der Waals surface area contributed by atoms with Gasteiger partial charge in [-0.05, 0) is 36.1 Å². The number of aliphatic hydroxyl groups is 1. The van der Waals surface area contributed by atoms with E-state index >= 15 is 0 Å². The molecule has 0 unspecified atom stereocenters. The van der Waals surface area contributed by atoms with Crippen LogP contribution < -0.4 is 0 Å². The van der Waals surface area contributed by atoms with Crippen molar-refractivity contribution in [1.82, 2.24) is 0 Å². The number of ether oxygens (including phenoxy) is 1. The molecule has 4 aromatic carbocycles. The normalized spacial score (nSPS) is 11.7. The number of hydrogen-bond donors (Lipinski definition) is 1. The zero-order valence-electron chi connectivity index (χ0n) is 19.0. The fraction of sp³-hybridized carbons (Fsp3) is 0.0968. The lowest BCUT2D eigenvalue weighted by Gasteiger charge is -2.30. The molecule has 0 aliphatic heterocycles. The van der Waals surface area contributed by atoms with E-state index < -0.39 is 5.60 Å². The number of benzene rings is 4. The second-order valence-electron chi connectivity index (χ2n) is 8.02. The van der Waals surface area contributed by atoms with Gasteiger partial charge in [-0.15, -0.1) is 0 Å². The molecule has 4 rings (SSSR count). The topological polar surface area (TPSA) is 29.5 Å². The van der Waals surface area contributed by atoms with Gasteiger partial charge in [-0.1, -0.05) is 121 Å². The van der Waals surface area contributed by atoms with Crippen LogP contribution >= 0.6 is 0 Å². The van der Waals surface area contributed by atoms with Gasteiger partial charge in [-0.25, -0.2) is 0 Å². The van der Waals surface area contributed by atoms with Gasteiger partial charge >= 0.3 is 0 Å². The molecular weight excluding hydrogens is 404 g/mol. The molecule has 2 heteroatoms. The van der Waals surface area contributed by atoms with E-state index in [4.69, 9.17) is 4.74 Å². The molecule has 33 heavy (non-hydrogen) atoms. The fourth-order valence-corrected chi connectivity index (χ4v) is 4.08. The second-order valence-corrected chi connectivity index (χ2v) is 8.02. The molecule has 1 N–H and O–H groups in total. The van der Waals surface area contributed by atoms with Gasteiger partial charge in [0.2, 0.25) is 0 Å². The minimum atomic E-state index is -1.30. The largest absolute Gasteiger partial charge is 0.469 e. The standard InChI is InChI=1S/C31H28O2/c1-24(31(32,28-19-11-5-12-20-28)29-21-13-6-14-22-29)23-33-25(2)30(26-15-7-3-8-16-26)27-17-9-4-10-18-27/h3-23,32H,1-2H3/b24-23+. The molecule has 0 spiro atoms. The van der Waals surface area contributed by atoms with Gasteiger partial charge in [0.1, 0.15) is 11.4 Å². The summed E-state index contributed by atoms with van der Waals surface area (Å²) in [5, 5.41) is 11.9. The summed E-state index contributed by atoms with van der Waals surface area (Å²) < 4.78 is 6.22. The molecule has 4 aromatic rings. The Morgan fingerprint density at radius 3 is 1.36 bits per heavy atom. The van der Waals surface area contributed by atoms with Gasteiger partial charge in [0.15, 0.2) is 0 Å². The summed E-state index contributed by atoms with van der Waals surface area (Å²) in [5.74, 6) is 0.759. The minimum absolute atomic E-state index is 0.694. The summed E-state index contributed by atoms with van der Waals surface area (Å²) in [5.41, 5.74) is 4.15. The van der Waals surface area contributed by atoms with E-state index in [0.29, 0.717) is 5.57 Å². The second kappa shape index (κ2) is 10.2. The molecule has 0 radical (unpaired) electrons. The van der Waals surface area contributed by atoms with Crippen LogP contribution in [-0.4, -0.2) is 5.11 Å². The van der Waals surface area contributed by atoms with E-state index in [2.05, 4.69) is 24.3 Å². The molecule has 0 saturated carbocycles. The smallest absolute Gasteiger partial charge is 0.139 e. The lowest BCUT2D eigenvalue weighted by Crippen LogP contribution is -2.29. The molecule has 0 saturated heterocycles. The summed E-state index contributed by atoms with van der Waals surface area (Å²) in [4.78, 5) is 0. The summed E-state index contributed by atoms with van der Waals surface area (Å²) in [6, 6.07) is 39.8. The van der Waals surface area contributed by atoms with Gasteiger partial charge in [0, 0.05) is 11.1 Å². The van der Waals surface area contributed by atoms with Crippen LogP contribution in [0.25, 0.3) is 5.57 Å². The van der Waals surface area contributed by atoms with Gasteiger partial charge in [-0.2, -0.15) is 0 Å². The third kappa shape index (κ3) is 4.82. The third-order valence-corrected chi connectivity index (χ3v) is 5.84. The van der Waals surface area contributed by atoms with Gasteiger partial charge < -0.3 is 9.84 Å². The molecular formula is C31H28O2. The highest BCUT2D eigenvalue weighted by atomic mass is 16.5. The minimum Gasteiger partial charge on any atom is -0.469 e. The Bertz CT molecular complexity index is 1140. The summed E-state index contributed by atoms with van der Waals surface area (Å²) in [6.07, 6.45) is 1.67. The Hall–Kier alpha value is -3.88. The van der Waals surface area contributed by atoms with Crippen LogP contribution in [0.15, 0.2) is 139 Å². The maximum absolute atomic E-state index is 11.9. The summed E-state index contributed by atoms with van der Waals surface area (Å²) in [7, 11) is 0. The lowest BCUT2D eigenvalue weighted by atomic mass is 9.81. The highest BCUT2D eigenvalue weighted by molar-refractivity contribution is 5.81. The van der Waals surface area contributed by atoms with Gasteiger partial charge in [0.05, 0.1) is 6.26 Å². The van der Waals surface area contributed by atoms with Crippen molar-refractivity contribution in [3.63, 3.8) is 0 Å². The molecule has 164 valence electrons. The van der Waals surface area contributed by atoms with Crippen LogP contribution in [0.1, 0.15) is 36.1 Å². The maximum atomic E-state index is 11.9. The number of allylic oxidation sites excluding steroid dienone is 1. The van der Waals surface area contributed by atoms with Crippen LogP contribution in [0, 0.1) is 0 Å². The molecule has 0 atom stereocenters. The molecule has 0 amide bonds. The number of rotatable bonds is 7. The molecule has 0 aromatic heterocycles. The SMILES string of the molecule is CC(O/C=C(\C)C(O)(c1ccccc1)c1ccccc1)=C(c1ccccc1)c1ccccc1. The Kier molecular flexibility index (Phi) is 6.87. The van der Waals surface area contributed by atoms with Crippen LogP contribution in [0.2, 0.25) is 0 Å². The van der Waals surface area contributed by atoms with Crippen molar-refractivity contribution in [2.24, 2.45) is 0 Å². The highest BCUT2D eigenvalue weighted by Crippen LogP contribution is 2.37. The van der Waals surface area contributed by atoms with Crippen LogP contribution in [0.4, 0.5) is 0 Å². The maximum Gasteiger partial charge on any atom is 0.139 e. The first-order valence-corrected chi connectivity index (χ1v) is 11.1. The molecule has 0 bridgehead atoms. The van der Waals surface area contributed by atoms with Crippen molar-refractivity contribution < 1.29 is 9.84 Å². The molecule has 0 heterocycles. The van der Waals surface area contributed by atoms with E-state index in [9.17, 15) is 5.11 Å². The molecule has 0 aliphatic carbocycles. The Balaban J connectivity index is 1.77. The van der Waals surface area contributed by atoms with Crippen LogP contribution in [0.5, 0.6) is 0 Å². The van der Waals surface area contributed by atoms with Crippen molar-refractivity contribution in [2.45, 2.75) is 19.4 Å². The van der Waals surface area contributed by atoms with E-state index in [0.717, 1.165) is 33.6 Å². The van der Waals surface area contributed by atoms with Crippen molar-refractivity contribution in [3.8, 4) is 0 Å². The zero-order valence-corrected chi connectivity index (χ0v) is 19.0. The Labute approximate surface area is 196 Å². The Morgan fingerprint density at radius 2 is 0.970 bits per heavy atom. The van der Waals surface area contributed by atoms with Crippen molar-refractivity contribution in [1.29, 1.82) is 0 Å². The van der Waals surface area contributed by atoms with Crippen molar-refractivity contribution >= 4 is 5.57 Å². The van der Waals surface area contributed by atoms with Gasteiger partial charge in [0.25, 0.3) is 0 Å². The van der Waals surface area contributed by atoms with E-state index in [-0.39, 0.29) is 0 Å². The van der Waals surface area contributed by atoms with Crippen molar-refractivity contribution in [3.05, 3.63) is 161 Å². The molecule has 0 fully saturated rings. The average molecular weight is 433 g/mol. The number of hydrogen-bond acceptors (Lipinski definition) is 2. The monoisotopic (exact) mass is 432 g/mol. The zero-order chi connectivity index (χ0) is 23.1. The molecule has 2 nitrogen and oxygen atoms in total. The fourth-order valence-electron chi connectivity index (χ4n) is 4.08. The van der Waals surface area contributed by atoms with Crippen LogP contribution in [0.3, 0.4) is 0 Å². The lowest BCUT2D eigenvalue weighted by molar-refractivity contribution is 0.116. The van der Waals surface area contributed by atoms with E-state index in [1.165, 1.54) is 0 Å². The Morgan fingerprint density at radius 1 is 0.606 bits per heavy atom. The summed E-state index contributed by atoms with van der Waals surface area (Å²) >= 11 is 0. The van der Waals surface area contributed by atoms with E-state index in [1.807, 2.05) is 111 Å². The predicted molar refractivity (Wildman–Crippen MR) is 135 cm³/mol. The summed E-state index contributed by atoms with van der Waals surface area (Å²) in [6.45, 7) is 3.86. The van der Waals surface area contributed by atoms with E-state index in [1.54, 1.807) is 6.26 Å². The first kappa shape index (κ1) is 22.3. The quantitative estimate of drug-likeness (QED) is 0.310. The molecule has 0 aliphatic rings. The third-order valence-electron chi connectivity index (χ3n) is 5.84. The first-order chi connectivity index (χ1) is 16.1. The average Bonchev–Trinajstić information content (AvgIpc) is 2.89.